The van der Waals surface area contributed by atoms with Gasteiger partial charge in [0.15, 0.2) is 5.16 Å². The first-order chi connectivity index (χ1) is 10.1. The van der Waals surface area contributed by atoms with E-state index in [1.165, 1.54) is 11.8 Å². The van der Waals surface area contributed by atoms with Crippen molar-refractivity contribution in [3.8, 4) is 0 Å². The summed E-state index contributed by atoms with van der Waals surface area (Å²) < 4.78 is 10.4. The Labute approximate surface area is 137 Å². The molecule has 21 heavy (non-hydrogen) atoms. The first-order valence-corrected chi connectivity index (χ1v) is 7.83. The van der Waals surface area contributed by atoms with Gasteiger partial charge in [-0.25, -0.2) is 9.97 Å². The number of thioether (sulfide) groups is 1. The van der Waals surface area contributed by atoms with Gasteiger partial charge in [-0.3, -0.25) is 0 Å². The summed E-state index contributed by atoms with van der Waals surface area (Å²) in [6.45, 7) is 0. The molecule has 0 aliphatic heterocycles. The lowest BCUT2D eigenvalue weighted by Gasteiger charge is -2.12. The van der Waals surface area contributed by atoms with Crippen LogP contribution < -0.4 is 0 Å². The molecule has 4 nitrogen and oxygen atoms in total. The maximum atomic E-state index is 5.99. The van der Waals surface area contributed by atoms with Gasteiger partial charge in [0, 0.05) is 26.2 Å². The highest BCUT2D eigenvalue weighted by molar-refractivity contribution is 7.98. The second kappa shape index (κ2) is 7.96. The highest BCUT2D eigenvalue weighted by Gasteiger charge is 2.12. The summed E-state index contributed by atoms with van der Waals surface area (Å²) in [5, 5.41) is 1.74. The van der Waals surface area contributed by atoms with Crippen LogP contribution in [-0.4, -0.2) is 24.2 Å². The Morgan fingerprint density at radius 2 is 1.90 bits per heavy atom. The molecule has 0 unspecified atom stereocenters. The Balaban J connectivity index is 2.06. The van der Waals surface area contributed by atoms with Crippen molar-refractivity contribution in [1.29, 1.82) is 0 Å². The topological polar surface area (TPSA) is 44.2 Å². The molecule has 112 valence electrons. The van der Waals surface area contributed by atoms with Crippen LogP contribution in [0, 0.1) is 0 Å². The molecule has 7 heteroatoms. The largest absolute Gasteiger partial charge is 0.350 e. The van der Waals surface area contributed by atoms with Crippen molar-refractivity contribution >= 4 is 35.0 Å². The van der Waals surface area contributed by atoms with E-state index in [4.69, 9.17) is 32.7 Å². The molecule has 1 aromatic carbocycles. The second-order valence-electron chi connectivity index (χ2n) is 4.10. The Morgan fingerprint density at radius 1 is 1.14 bits per heavy atom. The van der Waals surface area contributed by atoms with E-state index in [-0.39, 0.29) is 0 Å². The third-order valence-electron chi connectivity index (χ3n) is 2.68. The van der Waals surface area contributed by atoms with Crippen molar-refractivity contribution in [3.05, 3.63) is 51.8 Å². The number of methoxy groups -OCH3 is 2. The summed E-state index contributed by atoms with van der Waals surface area (Å²) in [6.07, 6.45) is 1.20. The lowest BCUT2D eigenvalue weighted by Crippen LogP contribution is -2.06. The van der Waals surface area contributed by atoms with E-state index in [9.17, 15) is 0 Å². The van der Waals surface area contributed by atoms with E-state index in [1.54, 1.807) is 32.5 Å². The van der Waals surface area contributed by atoms with Gasteiger partial charge in [0.25, 0.3) is 0 Å². The standard InChI is InChI=1S/C14H14Cl2N2O2S/c1-19-13(20-2)12-5-6-17-14(18-12)21-8-9-3-4-10(15)11(16)7-9/h3-7,13H,8H2,1-2H3. The van der Waals surface area contributed by atoms with Crippen molar-refractivity contribution < 1.29 is 9.47 Å². The van der Waals surface area contributed by atoms with Crippen LogP contribution in [0.25, 0.3) is 0 Å². The quantitative estimate of drug-likeness (QED) is 0.442. The Hall–Kier alpha value is -0.850. The third kappa shape index (κ3) is 4.56. The Bertz CT molecular complexity index is 609. The molecule has 0 radical (unpaired) electrons. The molecule has 2 rings (SSSR count). The van der Waals surface area contributed by atoms with Gasteiger partial charge in [-0.1, -0.05) is 41.0 Å². The molecule has 0 bridgehead atoms. The fourth-order valence-corrected chi connectivity index (χ4v) is 2.77. The monoisotopic (exact) mass is 344 g/mol. The predicted octanol–water partition coefficient (Wildman–Crippen LogP) is 4.37. The summed E-state index contributed by atoms with van der Waals surface area (Å²) in [5.41, 5.74) is 1.74. The number of hydrogen-bond donors (Lipinski definition) is 0. The summed E-state index contributed by atoms with van der Waals surface area (Å²) in [5.74, 6) is 0.699. The summed E-state index contributed by atoms with van der Waals surface area (Å²) in [4.78, 5) is 8.64. The van der Waals surface area contributed by atoms with Crippen LogP contribution >= 0.6 is 35.0 Å². The minimum atomic E-state index is -0.489. The fraction of sp³-hybridized carbons (Fsp3) is 0.286. The van der Waals surface area contributed by atoms with E-state index in [0.717, 1.165) is 5.56 Å². The summed E-state index contributed by atoms with van der Waals surface area (Å²) >= 11 is 13.4. The number of hydrogen-bond acceptors (Lipinski definition) is 5. The predicted molar refractivity (Wildman–Crippen MR) is 84.8 cm³/mol. The first kappa shape index (κ1) is 16.5. The van der Waals surface area contributed by atoms with Crippen molar-refractivity contribution in [3.63, 3.8) is 0 Å². The molecular formula is C14H14Cl2N2O2S. The fourth-order valence-electron chi connectivity index (χ4n) is 1.67. The van der Waals surface area contributed by atoms with Gasteiger partial charge in [-0.2, -0.15) is 0 Å². The zero-order valence-corrected chi connectivity index (χ0v) is 13.9. The second-order valence-corrected chi connectivity index (χ2v) is 5.86. The van der Waals surface area contributed by atoms with Crippen molar-refractivity contribution in [2.24, 2.45) is 0 Å². The minimum Gasteiger partial charge on any atom is -0.350 e. The van der Waals surface area contributed by atoms with Crippen LogP contribution in [0.3, 0.4) is 0 Å². The van der Waals surface area contributed by atoms with E-state index in [0.29, 0.717) is 26.6 Å². The van der Waals surface area contributed by atoms with Gasteiger partial charge in [-0.05, 0) is 23.8 Å². The van der Waals surface area contributed by atoms with E-state index >= 15 is 0 Å². The van der Waals surface area contributed by atoms with Crippen LogP contribution in [0.5, 0.6) is 0 Å². The van der Waals surface area contributed by atoms with E-state index in [2.05, 4.69) is 9.97 Å². The third-order valence-corrected chi connectivity index (χ3v) is 4.35. The number of aromatic nitrogens is 2. The smallest absolute Gasteiger partial charge is 0.200 e. The Kier molecular flexibility index (Phi) is 6.26. The van der Waals surface area contributed by atoms with Crippen molar-refractivity contribution in [1.82, 2.24) is 9.97 Å². The maximum absolute atomic E-state index is 5.99. The highest BCUT2D eigenvalue weighted by Crippen LogP contribution is 2.26. The molecule has 2 aromatic rings. The molecule has 0 fully saturated rings. The van der Waals surface area contributed by atoms with E-state index < -0.39 is 6.29 Å². The average Bonchev–Trinajstić information content (AvgIpc) is 2.50. The molecule has 1 aromatic heterocycles. The van der Waals surface area contributed by atoms with Crippen LogP contribution in [0.1, 0.15) is 17.5 Å². The van der Waals surface area contributed by atoms with E-state index in [1.807, 2.05) is 12.1 Å². The number of halogens is 2. The van der Waals surface area contributed by atoms with Gasteiger partial charge in [-0.15, -0.1) is 0 Å². The zero-order chi connectivity index (χ0) is 15.2. The van der Waals surface area contributed by atoms with Gasteiger partial charge < -0.3 is 9.47 Å². The molecule has 0 aliphatic rings. The lowest BCUT2D eigenvalue weighted by molar-refractivity contribution is -0.109. The molecule has 0 aliphatic carbocycles. The van der Waals surface area contributed by atoms with Gasteiger partial charge in [0.2, 0.25) is 6.29 Å². The summed E-state index contributed by atoms with van der Waals surface area (Å²) in [6, 6.07) is 7.32. The minimum absolute atomic E-state index is 0.489. The first-order valence-electron chi connectivity index (χ1n) is 6.09. The molecule has 0 saturated carbocycles. The van der Waals surface area contributed by atoms with Crippen LogP contribution in [-0.2, 0) is 15.2 Å². The van der Waals surface area contributed by atoms with Crippen LogP contribution in [0.2, 0.25) is 10.0 Å². The van der Waals surface area contributed by atoms with Crippen LogP contribution in [0.15, 0.2) is 35.6 Å². The molecule has 0 amide bonds. The van der Waals surface area contributed by atoms with Crippen molar-refractivity contribution in [2.45, 2.75) is 17.2 Å². The SMILES string of the molecule is COC(OC)c1ccnc(SCc2ccc(Cl)c(Cl)c2)n1. The summed E-state index contributed by atoms with van der Waals surface area (Å²) in [7, 11) is 3.14. The highest BCUT2D eigenvalue weighted by atomic mass is 35.5. The molecule has 0 spiro atoms. The molecular weight excluding hydrogens is 331 g/mol. The number of benzene rings is 1. The van der Waals surface area contributed by atoms with Crippen molar-refractivity contribution in [2.75, 3.05) is 14.2 Å². The van der Waals surface area contributed by atoms with Crippen LogP contribution in [0.4, 0.5) is 0 Å². The molecule has 1 heterocycles. The normalized spacial score (nSPS) is 11.1. The van der Waals surface area contributed by atoms with Gasteiger partial charge in [0.05, 0.1) is 10.0 Å². The average molecular weight is 345 g/mol. The number of rotatable bonds is 6. The molecule has 0 N–H and O–H groups in total. The maximum Gasteiger partial charge on any atom is 0.200 e. The van der Waals surface area contributed by atoms with Gasteiger partial charge >= 0.3 is 0 Å². The number of nitrogens with zero attached hydrogens (tertiary/aromatic N) is 2. The lowest BCUT2D eigenvalue weighted by atomic mass is 10.2. The molecule has 0 saturated heterocycles. The number of ether oxygens (including phenoxy) is 2. The zero-order valence-electron chi connectivity index (χ0n) is 11.5. The van der Waals surface area contributed by atoms with Gasteiger partial charge in [0.1, 0.15) is 5.69 Å². The molecule has 0 atom stereocenters. The Morgan fingerprint density at radius 3 is 2.57 bits per heavy atom.